The van der Waals surface area contributed by atoms with Gasteiger partial charge in [-0.15, -0.1) is 0 Å². The van der Waals surface area contributed by atoms with Gasteiger partial charge in [0.1, 0.15) is 0 Å². The molecule has 2 N–H and O–H groups in total. The molecule has 1 nitrogen and oxygen atoms in total. The van der Waals surface area contributed by atoms with Crippen LogP contribution < -0.4 is 5.73 Å². The maximum absolute atomic E-state index is 12.5. The van der Waals surface area contributed by atoms with Crippen LogP contribution in [0.2, 0.25) is 0 Å². The molecule has 1 fully saturated rings. The van der Waals surface area contributed by atoms with E-state index in [1.807, 2.05) is 0 Å². The van der Waals surface area contributed by atoms with E-state index in [-0.39, 0.29) is 6.04 Å². The van der Waals surface area contributed by atoms with Crippen LogP contribution in [0.1, 0.15) is 49.7 Å². The third kappa shape index (κ3) is 4.23. The van der Waals surface area contributed by atoms with Crippen LogP contribution in [0.4, 0.5) is 13.2 Å². The molecule has 0 aliphatic heterocycles. The van der Waals surface area contributed by atoms with Crippen LogP contribution in [0.25, 0.3) is 0 Å². The fourth-order valence-corrected chi connectivity index (χ4v) is 3.01. The van der Waals surface area contributed by atoms with Gasteiger partial charge in [0.15, 0.2) is 0 Å². The standard InChI is InChI=1S/C16H22F3N/c17-16(18,19)14-9-7-12(8-10-14)11-15(20)13-5-3-1-2-4-6-13/h7-10,13,15H,1-6,11,20H2. The van der Waals surface area contributed by atoms with Gasteiger partial charge in [0.2, 0.25) is 0 Å². The Balaban J connectivity index is 1.95. The van der Waals surface area contributed by atoms with Crippen LogP contribution in [0.3, 0.4) is 0 Å². The predicted molar refractivity (Wildman–Crippen MR) is 74.3 cm³/mol. The molecule has 1 aliphatic carbocycles. The van der Waals surface area contributed by atoms with Crippen LogP contribution in [0, 0.1) is 5.92 Å². The van der Waals surface area contributed by atoms with Crippen molar-refractivity contribution in [2.75, 3.05) is 0 Å². The maximum atomic E-state index is 12.5. The molecule has 0 bridgehead atoms. The lowest BCUT2D eigenvalue weighted by Crippen LogP contribution is -2.32. The zero-order valence-corrected chi connectivity index (χ0v) is 11.6. The van der Waals surface area contributed by atoms with E-state index >= 15 is 0 Å². The normalized spacial score (nSPS) is 19.6. The number of nitrogens with two attached hydrogens (primary N) is 1. The van der Waals surface area contributed by atoms with Gasteiger partial charge < -0.3 is 5.73 Å². The molecule has 4 heteroatoms. The van der Waals surface area contributed by atoms with Gasteiger partial charge in [-0.05, 0) is 42.9 Å². The Morgan fingerprint density at radius 3 is 2.05 bits per heavy atom. The van der Waals surface area contributed by atoms with Crippen LogP contribution in [0.5, 0.6) is 0 Å². The molecule has 1 atom stereocenters. The average Bonchev–Trinajstić information content (AvgIpc) is 2.67. The molecule has 1 aromatic rings. The molecule has 1 aromatic carbocycles. The monoisotopic (exact) mass is 285 g/mol. The van der Waals surface area contributed by atoms with Crippen molar-refractivity contribution >= 4 is 0 Å². The van der Waals surface area contributed by atoms with E-state index in [1.165, 1.54) is 25.7 Å². The first-order chi connectivity index (χ1) is 9.47. The van der Waals surface area contributed by atoms with E-state index in [0.29, 0.717) is 12.3 Å². The van der Waals surface area contributed by atoms with Crippen LogP contribution in [0.15, 0.2) is 24.3 Å². The van der Waals surface area contributed by atoms with E-state index in [1.54, 1.807) is 12.1 Å². The van der Waals surface area contributed by atoms with Gasteiger partial charge in [0, 0.05) is 6.04 Å². The lowest BCUT2D eigenvalue weighted by Gasteiger charge is -2.22. The summed E-state index contributed by atoms with van der Waals surface area (Å²) in [4.78, 5) is 0. The Morgan fingerprint density at radius 1 is 1.00 bits per heavy atom. The first kappa shape index (κ1) is 15.4. The quantitative estimate of drug-likeness (QED) is 0.810. The van der Waals surface area contributed by atoms with Gasteiger partial charge in [-0.1, -0.05) is 37.8 Å². The number of hydrogen-bond donors (Lipinski definition) is 1. The van der Waals surface area contributed by atoms with Gasteiger partial charge in [0.25, 0.3) is 0 Å². The third-order valence-electron chi connectivity index (χ3n) is 4.26. The predicted octanol–water partition coefficient (Wildman–Crippen LogP) is 4.55. The molecule has 20 heavy (non-hydrogen) atoms. The largest absolute Gasteiger partial charge is 0.416 e. The van der Waals surface area contributed by atoms with Gasteiger partial charge in [0.05, 0.1) is 5.56 Å². The van der Waals surface area contributed by atoms with Crippen molar-refractivity contribution in [3.8, 4) is 0 Å². The van der Waals surface area contributed by atoms with Crippen LogP contribution in [-0.2, 0) is 12.6 Å². The molecule has 112 valence electrons. The molecule has 0 aromatic heterocycles. The summed E-state index contributed by atoms with van der Waals surface area (Å²) >= 11 is 0. The highest BCUT2D eigenvalue weighted by molar-refractivity contribution is 5.25. The van der Waals surface area contributed by atoms with Crippen molar-refractivity contribution in [2.24, 2.45) is 11.7 Å². The van der Waals surface area contributed by atoms with Crippen molar-refractivity contribution in [3.05, 3.63) is 35.4 Å². The SMILES string of the molecule is NC(Cc1ccc(C(F)(F)F)cc1)C1CCCCCC1. The summed E-state index contributed by atoms with van der Waals surface area (Å²) in [6.45, 7) is 0. The van der Waals surface area contributed by atoms with Gasteiger partial charge in [-0.2, -0.15) is 13.2 Å². The summed E-state index contributed by atoms with van der Waals surface area (Å²) in [7, 11) is 0. The van der Waals surface area contributed by atoms with E-state index < -0.39 is 11.7 Å². The summed E-state index contributed by atoms with van der Waals surface area (Å²) in [6, 6.07) is 5.47. The Labute approximate surface area is 118 Å². The van der Waals surface area contributed by atoms with Gasteiger partial charge in [-0.25, -0.2) is 0 Å². The molecule has 1 unspecified atom stereocenters. The Bertz CT molecular complexity index is 403. The number of halogens is 3. The maximum Gasteiger partial charge on any atom is 0.416 e. The zero-order chi connectivity index (χ0) is 14.6. The second-order valence-corrected chi connectivity index (χ2v) is 5.81. The minimum Gasteiger partial charge on any atom is -0.327 e. The van der Waals surface area contributed by atoms with Gasteiger partial charge in [-0.3, -0.25) is 0 Å². The second kappa shape index (κ2) is 6.61. The van der Waals surface area contributed by atoms with Crippen LogP contribution in [-0.4, -0.2) is 6.04 Å². The molecule has 2 rings (SSSR count). The second-order valence-electron chi connectivity index (χ2n) is 5.81. The first-order valence-corrected chi connectivity index (χ1v) is 7.38. The summed E-state index contributed by atoms with van der Waals surface area (Å²) < 4.78 is 37.5. The number of benzene rings is 1. The summed E-state index contributed by atoms with van der Waals surface area (Å²) in [5.41, 5.74) is 6.56. The number of hydrogen-bond acceptors (Lipinski definition) is 1. The summed E-state index contributed by atoms with van der Waals surface area (Å²) in [5.74, 6) is 0.514. The summed E-state index contributed by atoms with van der Waals surface area (Å²) in [5, 5.41) is 0. The Hall–Kier alpha value is -1.03. The Morgan fingerprint density at radius 2 is 1.55 bits per heavy atom. The minimum atomic E-state index is -4.26. The number of rotatable bonds is 3. The Kier molecular flexibility index (Phi) is 5.08. The highest BCUT2D eigenvalue weighted by atomic mass is 19.4. The van der Waals surface area contributed by atoms with E-state index in [0.717, 1.165) is 30.5 Å². The van der Waals surface area contributed by atoms with Gasteiger partial charge >= 0.3 is 6.18 Å². The smallest absolute Gasteiger partial charge is 0.327 e. The molecule has 1 saturated carbocycles. The van der Waals surface area contributed by atoms with Crippen molar-refractivity contribution in [3.63, 3.8) is 0 Å². The first-order valence-electron chi connectivity index (χ1n) is 7.38. The fourth-order valence-electron chi connectivity index (χ4n) is 3.01. The average molecular weight is 285 g/mol. The lowest BCUT2D eigenvalue weighted by atomic mass is 9.88. The highest BCUT2D eigenvalue weighted by Gasteiger charge is 2.30. The number of alkyl halides is 3. The van der Waals surface area contributed by atoms with Crippen molar-refractivity contribution in [2.45, 2.75) is 57.2 Å². The molecular weight excluding hydrogens is 263 g/mol. The third-order valence-corrected chi connectivity index (χ3v) is 4.26. The van der Waals surface area contributed by atoms with E-state index in [9.17, 15) is 13.2 Å². The molecule has 0 saturated heterocycles. The molecule has 0 spiro atoms. The molecular formula is C16H22F3N. The van der Waals surface area contributed by atoms with E-state index in [2.05, 4.69) is 0 Å². The van der Waals surface area contributed by atoms with Crippen molar-refractivity contribution < 1.29 is 13.2 Å². The molecule has 0 amide bonds. The molecule has 1 aliphatic rings. The zero-order valence-electron chi connectivity index (χ0n) is 11.6. The van der Waals surface area contributed by atoms with E-state index in [4.69, 9.17) is 5.73 Å². The fraction of sp³-hybridized carbons (Fsp3) is 0.625. The molecule has 0 radical (unpaired) electrons. The highest BCUT2D eigenvalue weighted by Crippen LogP contribution is 2.30. The van der Waals surface area contributed by atoms with Crippen molar-refractivity contribution in [1.29, 1.82) is 0 Å². The van der Waals surface area contributed by atoms with Crippen LogP contribution >= 0.6 is 0 Å². The minimum absolute atomic E-state index is 0.0600. The molecule has 0 heterocycles. The lowest BCUT2D eigenvalue weighted by molar-refractivity contribution is -0.137. The summed E-state index contributed by atoms with van der Waals surface area (Å²) in [6.07, 6.45) is 3.73. The van der Waals surface area contributed by atoms with Crippen molar-refractivity contribution in [1.82, 2.24) is 0 Å². The topological polar surface area (TPSA) is 26.0 Å².